The van der Waals surface area contributed by atoms with Gasteiger partial charge in [0.05, 0.1) is 6.54 Å². The van der Waals surface area contributed by atoms with Gasteiger partial charge in [-0.1, -0.05) is 0 Å². The number of ether oxygens (including phenoxy) is 1. The molecular formula is C8H8N2O3. The lowest BCUT2D eigenvalue weighted by molar-refractivity contribution is 0.0692. The van der Waals surface area contributed by atoms with Crippen molar-refractivity contribution in [1.82, 2.24) is 4.98 Å². The van der Waals surface area contributed by atoms with Gasteiger partial charge in [-0.05, 0) is 6.07 Å². The number of rotatable bonds is 1. The summed E-state index contributed by atoms with van der Waals surface area (Å²) in [7, 11) is 0. The topological polar surface area (TPSA) is 71.5 Å². The Bertz CT molecular complexity index is 351. The van der Waals surface area contributed by atoms with Crippen LogP contribution in [0.4, 0.5) is 5.82 Å². The zero-order valence-electron chi connectivity index (χ0n) is 6.78. The molecule has 0 saturated heterocycles. The average Bonchev–Trinajstić information content (AvgIpc) is 2.17. The highest BCUT2D eigenvalue weighted by molar-refractivity contribution is 5.92. The molecule has 2 rings (SSSR count). The molecule has 1 aromatic heterocycles. The van der Waals surface area contributed by atoms with E-state index in [1.807, 2.05) is 0 Å². The second-order valence-corrected chi connectivity index (χ2v) is 2.62. The maximum Gasteiger partial charge on any atom is 0.339 e. The summed E-state index contributed by atoms with van der Waals surface area (Å²) in [4.78, 5) is 14.7. The van der Waals surface area contributed by atoms with Crippen LogP contribution in [0.5, 0.6) is 5.75 Å². The number of fused-ring (bicyclic) bond motifs is 1. The zero-order chi connectivity index (χ0) is 9.26. The van der Waals surface area contributed by atoms with E-state index in [1.165, 1.54) is 12.3 Å². The Kier molecular flexibility index (Phi) is 1.77. The van der Waals surface area contributed by atoms with Crippen LogP contribution in [0.15, 0.2) is 12.3 Å². The highest BCUT2D eigenvalue weighted by Crippen LogP contribution is 2.28. The number of pyridine rings is 1. The first-order valence-electron chi connectivity index (χ1n) is 3.88. The van der Waals surface area contributed by atoms with Crippen LogP contribution >= 0.6 is 0 Å². The van der Waals surface area contributed by atoms with Crippen molar-refractivity contribution in [2.75, 3.05) is 18.5 Å². The molecule has 2 N–H and O–H groups in total. The van der Waals surface area contributed by atoms with E-state index in [2.05, 4.69) is 10.3 Å². The third-order valence-corrected chi connectivity index (χ3v) is 1.78. The van der Waals surface area contributed by atoms with Crippen LogP contribution in [0.2, 0.25) is 0 Å². The van der Waals surface area contributed by atoms with Crippen LogP contribution in [0.1, 0.15) is 10.4 Å². The van der Waals surface area contributed by atoms with E-state index in [1.54, 1.807) is 0 Å². The molecular weight excluding hydrogens is 172 g/mol. The fourth-order valence-electron chi connectivity index (χ4n) is 1.21. The average molecular weight is 180 g/mol. The van der Waals surface area contributed by atoms with Gasteiger partial charge in [-0.2, -0.15) is 0 Å². The molecule has 0 atom stereocenters. The van der Waals surface area contributed by atoms with Gasteiger partial charge in [-0.15, -0.1) is 0 Å². The van der Waals surface area contributed by atoms with Gasteiger partial charge < -0.3 is 15.2 Å². The van der Waals surface area contributed by atoms with Gasteiger partial charge in [-0.3, -0.25) is 0 Å². The van der Waals surface area contributed by atoms with E-state index in [0.717, 1.165) is 0 Å². The van der Waals surface area contributed by atoms with Gasteiger partial charge >= 0.3 is 5.97 Å². The van der Waals surface area contributed by atoms with E-state index in [0.29, 0.717) is 24.7 Å². The predicted octanol–water partition coefficient (Wildman–Crippen LogP) is 0.584. The highest BCUT2D eigenvalue weighted by Gasteiger charge is 2.18. The first-order valence-corrected chi connectivity index (χ1v) is 3.88. The highest BCUT2D eigenvalue weighted by atomic mass is 16.5. The first kappa shape index (κ1) is 7.85. The minimum absolute atomic E-state index is 0.150. The van der Waals surface area contributed by atoms with Gasteiger partial charge in [0.2, 0.25) is 0 Å². The molecule has 68 valence electrons. The molecule has 0 radical (unpaired) electrons. The minimum atomic E-state index is -0.998. The molecule has 0 fully saturated rings. The standard InChI is InChI=1S/C8H8N2O3/c11-8(12)5-1-2-9-7-6(5)13-4-3-10-7/h1-2H,3-4H2,(H,9,10)(H,11,12). The number of carbonyl (C=O) groups is 1. The van der Waals surface area contributed by atoms with E-state index in [9.17, 15) is 4.79 Å². The lowest BCUT2D eigenvalue weighted by Crippen LogP contribution is -2.21. The number of anilines is 1. The van der Waals surface area contributed by atoms with Crippen LogP contribution in [0, 0.1) is 0 Å². The first-order chi connectivity index (χ1) is 6.29. The Morgan fingerprint density at radius 3 is 3.31 bits per heavy atom. The van der Waals surface area contributed by atoms with Crippen molar-refractivity contribution in [1.29, 1.82) is 0 Å². The van der Waals surface area contributed by atoms with Gasteiger partial charge in [0.25, 0.3) is 0 Å². The number of aromatic nitrogens is 1. The molecule has 5 heteroatoms. The van der Waals surface area contributed by atoms with Crippen molar-refractivity contribution in [3.63, 3.8) is 0 Å². The second kappa shape index (κ2) is 2.93. The summed E-state index contributed by atoms with van der Waals surface area (Å²) in [6.07, 6.45) is 1.45. The van der Waals surface area contributed by atoms with Crippen molar-refractivity contribution in [2.45, 2.75) is 0 Å². The predicted molar refractivity (Wildman–Crippen MR) is 45.2 cm³/mol. The largest absolute Gasteiger partial charge is 0.487 e. The number of nitrogens with zero attached hydrogens (tertiary/aromatic N) is 1. The molecule has 1 aliphatic rings. The van der Waals surface area contributed by atoms with Gasteiger partial charge in [-0.25, -0.2) is 9.78 Å². The van der Waals surface area contributed by atoms with Crippen LogP contribution in [0.3, 0.4) is 0 Å². The van der Waals surface area contributed by atoms with Crippen molar-refractivity contribution < 1.29 is 14.6 Å². The lowest BCUT2D eigenvalue weighted by atomic mass is 10.2. The second-order valence-electron chi connectivity index (χ2n) is 2.62. The summed E-state index contributed by atoms with van der Waals surface area (Å²) in [6.45, 7) is 1.13. The Hall–Kier alpha value is -1.78. The SMILES string of the molecule is O=C(O)c1ccnc2c1OCCN2. The molecule has 13 heavy (non-hydrogen) atoms. The summed E-state index contributed by atoms with van der Waals surface area (Å²) in [5, 5.41) is 11.8. The number of carboxylic acid groups (broad SMARTS) is 1. The minimum Gasteiger partial charge on any atom is -0.487 e. The molecule has 1 aromatic rings. The maximum atomic E-state index is 10.7. The van der Waals surface area contributed by atoms with E-state index in [-0.39, 0.29) is 5.56 Å². The molecule has 0 aromatic carbocycles. The monoisotopic (exact) mass is 180 g/mol. The maximum absolute atomic E-state index is 10.7. The number of nitrogens with one attached hydrogen (secondary N) is 1. The van der Waals surface area contributed by atoms with Crippen LogP contribution in [-0.4, -0.2) is 29.2 Å². The van der Waals surface area contributed by atoms with E-state index < -0.39 is 5.97 Å². The Morgan fingerprint density at radius 1 is 1.69 bits per heavy atom. The lowest BCUT2D eigenvalue weighted by Gasteiger charge is -2.18. The van der Waals surface area contributed by atoms with Crippen LogP contribution in [0.25, 0.3) is 0 Å². The third-order valence-electron chi connectivity index (χ3n) is 1.78. The van der Waals surface area contributed by atoms with Crippen molar-refractivity contribution in [3.05, 3.63) is 17.8 Å². The molecule has 0 amide bonds. The summed E-state index contributed by atoms with van der Waals surface area (Å²) in [5.74, 6) is -0.158. The van der Waals surface area contributed by atoms with Crippen molar-refractivity contribution in [2.24, 2.45) is 0 Å². The molecule has 0 saturated carbocycles. The molecule has 5 nitrogen and oxygen atoms in total. The summed E-state index contributed by atoms with van der Waals surface area (Å²) in [5.41, 5.74) is 0.150. The Balaban J connectivity index is 2.52. The van der Waals surface area contributed by atoms with Crippen LogP contribution < -0.4 is 10.1 Å². The summed E-state index contributed by atoms with van der Waals surface area (Å²) >= 11 is 0. The van der Waals surface area contributed by atoms with Crippen LogP contribution in [-0.2, 0) is 0 Å². The van der Waals surface area contributed by atoms with Gasteiger partial charge in [0.15, 0.2) is 11.6 Å². The molecule has 0 spiro atoms. The Morgan fingerprint density at radius 2 is 2.54 bits per heavy atom. The molecule has 0 unspecified atom stereocenters. The zero-order valence-corrected chi connectivity index (χ0v) is 6.78. The molecule has 0 aliphatic carbocycles. The van der Waals surface area contributed by atoms with E-state index >= 15 is 0 Å². The summed E-state index contributed by atoms with van der Waals surface area (Å²) in [6, 6.07) is 1.42. The third kappa shape index (κ3) is 1.28. The fourth-order valence-corrected chi connectivity index (χ4v) is 1.21. The molecule has 2 heterocycles. The number of hydrogen-bond acceptors (Lipinski definition) is 4. The molecule has 1 aliphatic heterocycles. The van der Waals surface area contributed by atoms with Gasteiger partial charge in [0, 0.05) is 6.20 Å². The number of carboxylic acids is 1. The summed E-state index contributed by atoms with van der Waals surface area (Å²) < 4.78 is 5.21. The van der Waals surface area contributed by atoms with Crippen molar-refractivity contribution in [3.8, 4) is 5.75 Å². The van der Waals surface area contributed by atoms with E-state index in [4.69, 9.17) is 9.84 Å². The quantitative estimate of drug-likeness (QED) is 0.661. The fraction of sp³-hybridized carbons (Fsp3) is 0.250. The number of hydrogen-bond donors (Lipinski definition) is 2. The Labute approximate surface area is 74.4 Å². The normalized spacial score (nSPS) is 13.8. The molecule has 0 bridgehead atoms. The smallest absolute Gasteiger partial charge is 0.339 e. The van der Waals surface area contributed by atoms with Crippen molar-refractivity contribution >= 4 is 11.8 Å². The number of aromatic carboxylic acids is 1. The van der Waals surface area contributed by atoms with Gasteiger partial charge in [0.1, 0.15) is 12.2 Å².